The Balaban J connectivity index is 2.26. The molecular weight excluding hydrogens is 190 g/mol. The number of nitrogens with zero attached hydrogens (tertiary/aromatic N) is 3. The molecule has 1 rings (SSSR count). The lowest BCUT2D eigenvalue weighted by Gasteiger charge is -2.20. The topological polar surface area (TPSA) is 47.3 Å². The van der Waals surface area contributed by atoms with Gasteiger partial charge in [0.25, 0.3) is 0 Å². The Kier molecular flexibility index (Phi) is 4.57. The molecular formula is C11H19N3O. The molecule has 0 bridgehead atoms. The molecule has 4 heteroatoms. The SMILES string of the molecule is CC1CCN(CC(=O)N(C)CCC#N)C1. The predicted molar refractivity (Wildman–Crippen MR) is 58.1 cm³/mol. The molecule has 0 aromatic heterocycles. The van der Waals surface area contributed by atoms with Crippen molar-refractivity contribution in [3.63, 3.8) is 0 Å². The summed E-state index contributed by atoms with van der Waals surface area (Å²) in [5.41, 5.74) is 0. The molecule has 1 heterocycles. The molecule has 1 saturated heterocycles. The Morgan fingerprint density at radius 2 is 2.40 bits per heavy atom. The van der Waals surface area contributed by atoms with Gasteiger partial charge in [0, 0.05) is 20.1 Å². The molecule has 1 aliphatic rings. The van der Waals surface area contributed by atoms with Crippen molar-refractivity contribution in [1.82, 2.24) is 9.80 Å². The molecule has 0 radical (unpaired) electrons. The Morgan fingerprint density at radius 3 is 2.93 bits per heavy atom. The van der Waals surface area contributed by atoms with Gasteiger partial charge < -0.3 is 4.90 Å². The minimum Gasteiger partial charge on any atom is -0.344 e. The molecule has 4 nitrogen and oxygen atoms in total. The maximum atomic E-state index is 11.7. The first-order valence-electron chi connectivity index (χ1n) is 5.46. The fraction of sp³-hybridized carbons (Fsp3) is 0.818. The van der Waals surface area contributed by atoms with E-state index in [1.807, 2.05) is 6.07 Å². The van der Waals surface area contributed by atoms with Crippen LogP contribution in [0.3, 0.4) is 0 Å². The van der Waals surface area contributed by atoms with Crippen molar-refractivity contribution in [3.8, 4) is 6.07 Å². The third-order valence-corrected chi connectivity index (χ3v) is 2.85. The zero-order valence-corrected chi connectivity index (χ0v) is 9.57. The van der Waals surface area contributed by atoms with Crippen molar-refractivity contribution in [2.45, 2.75) is 19.8 Å². The molecule has 0 aromatic rings. The summed E-state index contributed by atoms with van der Waals surface area (Å²) in [4.78, 5) is 15.5. The van der Waals surface area contributed by atoms with Gasteiger partial charge in [-0.05, 0) is 18.9 Å². The first-order chi connectivity index (χ1) is 7.13. The van der Waals surface area contributed by atoms with E-state index in [1.165, 1.54) is 6.42 Å². The molecule has 0 saturated carbocycles. The second kappa shape index (κ2) is 5.72. The number of rotatable bonds is 4. The number of carbonyl (C=O) groups excluding carboxylic acids is 1. The summed E-state index contributed by atoms with van der Waals surface area (Å²) >= 11 is 0. The number of nitriles is 1. The van der Waals surface area contributed by atoms with Crippen molar-refractivity contribution >= 4 is 5.91 Å². The summed E-state index contributed by atoms with van der Waals surface area (Å²) in [6, 6.07) is 2.05. The summed E-state index contributed by atoms with van der Waals surface area (Å²) in [5, 5.41) is 8.42. The molecule has 0 aliphatic carbocycles. The summed E-state index contributed by atoms with van der Waals surface area (Å²) in [6.45, 7) is 5.31. The van der Waals surface area contributed by atoms with Crippen LogP contribution in [0, 0.1) is 17.2 Å². The second-order valence-corrected chi connectivity index (χ2v) is 4.35. The van der Waals surface area contributed by atoms with Crippen LogP contribution < -0.4 is 0 Å². The van der Waals surface area contributed by atoms with E-state index in [9.17, 15) is 4.79 Å². The van der Waals surface area contributed by atoms with Crippen molar-refractivity contribution < 1.29 is 4.79 Å². The lowest BCUT2D eigenvalue weighted by molar-refractivity contribution is -0.130. The number of hydrogen-bond donors (Lipinski definition) is 0. The fourth-order valence-corrected chi connectivity index (χ4v) is 1.82. The lowest BCUT2D eigenvalue weighted by Crippen LogP contribution is -2.37. The van der Waals surface area contributed by atoms with Crippen molar-refractivity contribution in [1.29, 1.82) is 5.26 Å². The van der Waals surface area contributed by atoms with Gasteiger partial charge in [0.15, 0.2) is 0 Å². The fourth-order valence-electron chi connectivity index (χ4n) is 1.82. The van der Waals surface area contributed by atoms with Gasteiger partial charge in [0.2, 0.25) is 5.91 Å². The van der Waals surface area contributed by atoms with Crippen molar-refractivity contribution in [3.05, 3.63) is 0 Å². The van der Waals surface area contributed by atoms with Crippen LogP contribution in [0.1, 0.15) is 19.8 Å². The molecule has 0 N–H and O–H groups in total. The number of carbonyl (C=O) groups is 1. The first kappa shape index (κ1) is 12.0. The number of likely N-dealkylation sites (N-methyl/N-ethyl adjacent to an activating group) is 1. The van der Waals surface area contributed by atoms with Gasteiger partial charge in [-0.25, -0.2) is 0 Å². The number of likely N-dealkylation sites (tertiary alicyclic amines) is 1. The Hall–Kier alpha value is -1.08. The van der Waals surface area contributed by atoms with Gasteiger partial charge in [-0.2, -0.15) is 5.26 Å². The third kappa shape index (κ3) is 3.88. The maximum Gasteiger partial charge on any atom is 0.236 e. The molecule has 1 fully saturated rings. The van der Waals surface area contributed by atoms with Crippen LogP contribution in [0.15, 0.2) is 0 Å². The van der Waals surface area contributed by atoms with Crippen LogP contribution >= 0.6 is 0 Å². The van der Waals surface area contributed by atoms with Gasteiger partial charge in [0.1, 0.15) is 0 Å². The summed E-state index contributed by atoms with van der Waals surface area (Å²) < 4.78 is 0. The summed E-state index contributed by atoms with van der Waals surface area (Å²) in [7, 11) is 1.76. The van der Waals surface area contributed by atoms with Gasteiger partial charge in [0.05, 0.1) is 19.0 Å². The smallest absolute Gasteiger partial charge is 0.236 e. The Morgan fingerprint density at radius 1 is 1.67 bits per heavy atom. The highest BCUT2D eigenvalue weighted by Crippen LogP contribution is 2.14. The molecule has 15 heavy (non-hydrogen) atoms. The highest BCUT2D eigenvalue weighted by Gasteiger charge is 2.21. The van der Waals surface area contributed by atoms with Crippen LogP contribution in [0.25, 0.3) is 0 Å². The third-order valence-electron chi connectivity index (χ3n) is 2.85. The minimum absolute atomic E-state index is 0.124. The van der Waals surface area contributed by atoms with E-state index in [1.54, 1.807) is 11.9 Å². The van der Waals surface area contributed by atoms with E-state index < -0.39 is 0 Å². The summed E-state index contributed by atoms with van der Waals surface area (Å²) in [6.07, 6.45) is 1.60. The second-order valence-electron chi connectivity index (χ2n) is 4.35. The van der Waals surface area contributed by atoms with E-state index in [0.717, 1.165) is 13.1 Å². The highest BCUT2D eigenvalue weighted by atomic mass is 16.2. The quantitative estimate of drug-likeness (QED) is 0.684. The standard InChI is InChI=1S/C11H19N3O/c1-10-4-7-14(8-10)9-11(15)13(2)6-3-5-12/h10H,3-4,6-9H2,1-2H3. The van der Waals surface area contributed by atoms with Gasteiger partial charge in [-0.15, -0.1) is 0 Å². The van der Waals surface area contributed by atoms with Gasteiger partial charge in [-0.1, -0.05) is 6.92 Å². The van der Waals surface area contributed by atoms with Crippen LogP contribution in [0.5, 0.6) is 0 Å². The minimum atomic E-state index is 0.124. The van der Waals surface area contributed by atoms with Gasteiger partial charge in [-0.3, -0.25) is 9.69 Å². The summed E-state index contributed by atoms with van der Waals surface area (Å²) in [5.74, 6) is 0.835. The Labute approximate surface area is 91.5 Å². The van der Waals surface area contributed by atoms with Crippen molar-refractivity contribution in [2.75, 3.05) is 33.2 Å². The monoisotopic (exact) mass is 209 g/mol. The van der Waals surface area contributed by atoms with Crippen LogP contribution in [-0.4, -0.2) is 48.9 Å². The van der Waals surface area contributed by atoms with Crippen LogP contribution in [0.4, 0.5) is 0 Å². The average Bonchev–Trinajstić information content (AvgIpc) is 2.60. The van der Waals surface area contributed by atoms with E-state index in [-0.39, 0.29) is 5.91 Å². The molecule has 84 valence electrons. The van der Waals surface area contributed by atoms with Crippen LogP contribution in [-0.2, 0) is 4.79 Å². The highest BCUT2D eigenvalue weighted by molar-refractivity contribution is 5.78. The zero-order valence-electron chi connectivity index (χ0n) is 9.57. The largest absolute Gasteiger partial charge is 0.344 e. The van der Waals surface area contributed by atoms with Crippen molar-refractivity contribution in [2.24, 2.45) is 5.92 Å². The van der Waals surface area contributed by atoms with E-state index >= 15 is 0 Å². The molecule has 1 unspecified atom stereocenters. The number of hydrogen-bond acceptors (Lipinski definition) is 3. The first-order valence-corrected chi connectivity index (χ1v) is 5.46. The molecule has 1 aliphatic heterocycles. The van der Waals surface area contributed by atoms with E-state index in [0.29, 0.717) is 25.4 Å². The van der Waals surface area contributed by atoms with Crippen LogP contribution in [0.2, 0.25) is 0 Å². The zero-order chi connectivity index (χ0) is 11.3. The molecule has 1 amide bonds. The normalized spacial score (nSPS) is 21.3. The Bertz CT molecular complexity index is 259. The number of amides is 1. The molecule has 0 aromatic carbocycles. The molecule has 0 spiro atoms. The average molecular weight is 209 g/mol. The van der Waals surface area contributed by atoms with E-state index in [4.69, 9.17) is 5.26 Å². The van der Waals surface area contributed by atoms with Gasteiger partial charge >= 0.3 is 0 Å². The maximum absolute atomic E-state index is 11.7. The predicted octanol–water partition coefficient (Wildman–Crippen LogP) is 0.700. The molecule has 1 atom stereocenters. The van der Waals surface area contributed by atoms with E-state index in [2.05, 4.69) is 11.8 Å². The lowest BCUT2D eigenvalue weighted by atomic mass is 10.2.